The molecule has 0 aromatic heterocycles. The first-order valence-electron chi connectivity index (χ1n) is 9.50. The Hall–Kier alpha value is -0.0800. The van der Waals surface area contributed by atoms with E-state index >= 15 is 0 Å². The van der Waals surface area contributed by atoms with Crippen molar-refractivity contribution >= 4 is 0 Å². The molecule has 2 heteroatoms. The number of aliphatic hydroxyl groups is 1. The number of aliphatic hydroxyl groups excluding tert-OH is 1. The predicted molar refractivity (Wildman–Crippen MR) is 94.5 cm³/mol. The monoisotopic (exact) mass is 299 g/mol. The average Bonchev–Trinajstić information content (AvgIpc) is 2.52. The van der Waals surface area contributed by atoms with E-state index in [1.54, 1.807) is 0 Å². The van der Waals surface area contributed by atoms with E-state index in [0.717, 1.165) is 12.8 Å². The zero-order chi connectivity index (χ0) is 16.0. The summed E-state index contributed by atoms with van der Waals surface area (Å²) in [5.41, 5.74) is 6.14. The molecule has 0 bridgehead atoms. The van der Waals surface area contributed by atoms with Crippen molar-refractivity contribution in [1.29, 1.82) is 0 Å². The number of rotatable bonds is 15. The summed E-state index contributed by atoms with van der Waals surface area (Å²) in [5.74, 6) is 0. The lowest BCUT2D eigenvalue weighted by Gasteiger charge is -2.31. The molecule has 0 heterocycles. The largest absolute Gasteiger partial charge is 0.396 e. The fraction of sp³-hybridized carbons (Fsp3) is 1.00. The topological polar surface area (TPSA) is 46.2 Å². The highest BCUT2D eigenvalue weighted by Gasteiger charge is 2.25. The van der Waals surface area contributed by atoms with Crippen LogP contribution in [0.2, 0.25) is 0 Å². The van der Waals surface area contributed by atoms with Crippen LogP contribution in [0.5, 0.6) is 0 Å². The molecular formula is C19H41NO. The number of hydrogen-bond acceptors (Lipinski definition) is 2. The summed E-state index contributed by atoms with van der Waals surface area (Å²) in [6.45, 7) is 7.02. The van der Waals surface area contributed by atoms with Crippen molar-refractivity contribution in [3.05, 3.63) is 0 Å². The highest BCUT2D eigenvalue weighted by atomic mass is 16.3. The Morgan fingerprint density at radius 3 is 1.95 bits per heavy atom. The van der Waals surface area contributed by atoms with Crippen molar-refractivity contribution in [3.8, 4) is 0 Å². The molecule has 0 aliphatic heterocycles. The second kappa shape index (κ2) is 13.6. The van der Waals surface area contributed by atoms with Gasteiger partial charge in [-0.15, -0.1) is 0 Å². The van der Waals surface area contributed by atoms with Crippen LogP contribution in [0, 0.1) is 5.41 Å². The summed E-state index contributed by atoms with van der Waals surface area (Å²) in [6.07, 6.45) is 16.3. The lowest BCUT2D eigenvalue weighted by molar-refractivity contribution is 0.0944. The Labute approximate surface area is 133 Å². The molecule has 21 heavy (non-hydrogen) atoms. The molecule has 0 spiro atoms. The Balaban J connectivity index is 3.62. The standard InChI is InChI=1S/C19H41NO/c1-4-7-15-19(6-3,17-21)16-13-11-9-8-10-12-14-18(20)5-2/h18,21H,4-17,20H2,1-3H3. The molecule has 2 atom stereocenters. The molecule has 2 unspecified atom stereocenters. The Morgan fingerprint density at radius 2 is 1.43 bits per heavy atom. The number of hydrogen-bond donors (Lipinski definition) is 2. The van der Waals surface area contributed by atoms with Gasteiger partial charge in [-0.25, -0.2) is 0 Å². The molecule has 0 saturated heterocycles. The van der Waals surface area contributed by atoms with Gasteiger partial charge >= 0.3 is 0 Å². The molecule has 3 N–H and O–H groups in total. The van der Waals surface area contributed by atoms with Crippen LogP contribution in [0.15, 0.2) is 0 Å². The van der Waals surface area contributed by atoms with Gasteiger partial charge in [0.2, 0.25) is 0 Å². The molecule has 0 aliphatic rings. The molecule has 0 fully saturated rings. The van der Waals surface area contributed by atoms with Crippen LogP contribution >= 0.6 is 0 Å². The molecule has 2 nitrogen and oxygen atoms in total. The van der Waals surface area contributed by atoms with Gasteiger partial charge in [0.05, 0.1) is 0 Å². The molecule has 0 amide bonds. The molecule has 128 valence electrons. The lowest BCUT2D eigenvalue weighted by atomic mass is 9.76. The summed E-state index contributed by atoms with van der Waals surface area (Å²) >= 11 is 0. The van der Waals surface area contributed by atoms with E-state index in [1.165, 1.54) is 70.6 Å². The predicted octanol–water partition coefficient (Wildman–Crippen LogP) is 5.42. The normalized spacial score (nSPS) is 15.9. The van der Waals surface area contributed by atoms with E-state index in [2.05, 4.69) is 20.8 Å². The zero-order valence-electron chi connectivity index (χ0n) is 15.0. The van der Waals surface area contributed by atoms with Crippen molar-refractivity contribution in [2.75, 3.05) is 6.61 Å². The second-order valence-electron chi connectivity index (χ2n) is 6.94. The first-order valence-corrected chi connectivity index (χ1v) is 9.50. The van der Waals surface area contributed by atoms with Crippen LogP contribution in [-0.4, -0.2) is 17.8 Å². The lowest BCUT2D eigenvalue weighted by Crippen LogP contribution is -2.24. The summed E-state index contributed by atoms with van der Waals surface area (Å²) in [7, 11) is 0. The van der Waals surface area contributed by atoms with Gasteiger partial charge in [0.15, 0.2) is 0 Å². The fourth-order valence-electron chi connectivity index (χ4n) is 3.12. The van der Waals surface area contributed by atoms with E-state index in [9.17, 15) is 5.11 Å². The fourth-order valence-corrected chi connectivity index (χ4v) is 3.12. The van der Waals surface area contributed by atoms with E-state index in [0.29, 0.717) is 12.6 Å². The minimum Gasteiger partial charge on any atom is -0.396 e. The first-order chi connectivity index (χ1) is 10.1. The molecule has 0 rings (SSSR count). The van der Waals surface area contributed by atoms with Gasteiger partial charge < -0.3 is 10.8 Å². The average molecular weight is 300 g/mol. The molecule has 0 saturated carbocycles. The first kappa shape index (κ1) is 20.9. The minimum atomic E-state index is 0.212. The van der Waals surface area contributed by atoms with E-state index in [-0.39, 0.29) is 5.41 Å². The number of unbranched alkanes of at least 4 members (excludes halogenated alkanes) is 6. The van der Waals surface area contributed by atoms with Crippen LogP contribution < -0.4 is 5.73 Å². The van der Waals surface area contributed by atoms with Crippen LogP contribution in [0.4, 0.5) is 0 Å². The van der Waals surface area contributed by atoms with Crippen LogP contribution in [-0.2, 0) is 0 Å². The third-order valence-electron chi connectivity index (χ3n) is 5.20. The third kappa shape index (κ3) is 10.3. The van der Waals surface area contributed by atoms with Crippen LogP contribution in [0.25, 0.3) is 0 Å². The van der Waals surface area contributed by atoms with E-state index in [1.807, 2.05) is 0 Å². The smallest absolute Gasteiger partial charge is 0.0487 e. The third-order valence-corrected chi connectivity index (χ3v) is 5.20. The van der Waals surface area contributed by atoms with Gasteiger partial charge in [-0.05, 0) is 37.5 Å². The SMILES string of the molecule is CCCCC(CC)(CO)CCCCCCCCC(N)CC. The van der Waals surface area contributed by atoms with Gasteiger partial charge in [-0.3, -0.25) is 0 Å². The maximum Gasteiger partial charge on any atom is 0.0487 e. The zero-order valence-corrected chi connectivity index (χ0v) is 15.0. The van der Waals surface area contributed by atoms with Crippen molar-refractivity contribution in [1.82, 2.24) is 0 Å². The molecule has 0 aromatic carbocycles. The van der Waals surface area contributed by atoms with Gasteiger partial charge in [-0.2, -0.15) is 0 Å². The quantitative estimate of drug-likeness (QED) is 0.396. The Kier molecular flexibility index (Phi) is 13.5. The van der Waals surface area contributed by atoms with Crippen molar-refractivity contribution in [2.45, 2.75) is 110 Å². The van der Waals surface area contributed by atoms with Gasteiger partial charge in [0, 0.05) is 12.6 Å². The van der Waals surface area contributed by atoms with Crippen LogP contribution in [0.1, 0.15) is 104 Å². The summed E-state index contributed by atoms with van der Waals surface area (Å²) in [5, 5.41) is 9.74. The van der Waals surface area contributed by atoms with Crippen molar-refractivity contribution in [3.63, 3.8) is 0 Å². The van der Waals surface area contributed by atoms with Gasteiger partial charge in [0.1, 0.15) is 0 Å². The molecule has 0 aliphatic carbocycles. The van der Waals surface area contributed by atoms with E-state index < -0.39 is 0 Å². The number of nitrogens with two attached hydrogens (primary N) is 1. The minimum absolute atomic E-state index is 0.212. The maximum absolute atomic E-state index is 9.74. The van der Waals surface area contributed by atoms with Gasteiger partial charge in [-0.1, -0.05) is 72.1 Å². The van der Waals surface area contributed by atoms with Crippen molar-refractivity contribution in [2.24, 2.45) is 11.1 Å². The molecule has 0 radical (unpaired) electrons. The maximum atomic E-state index is 9.74. The molecular weight excluding hydrogens is 258 g/mol. The molecule has 0 aromatic rings. The summed E-state index contributed by atoms with van der Waals surface area (Å²) in [4.78, 5) is 0. The second-order valence-corrected chi connectivity index (χ2v) is 6.94. The van der Waals surface area contributed by atoms with E-state index in [4.69, 9.17) is 5.73 Å². The summed E-state index contributed by atoms with van der Waals surface area (Å²) in [6, 6.07) is 0.415. The highest BCUT2D eigenvalue weighted by molar-refractivity contribution is 4.77. The van der Waals surface area contributed by atoms with Gasteiger partial charge in [0.25, 0.3) is 0 Å². The highest BCUT2D eigenvalue weighted by Crippen LogP contribution is 2.34. The summed E-state index contributed by atoms with van der Waals surface area (Å²) < 4.78 is 0. The van der Waals surface area contributed by atoms with Crippen molar-refractivity contribution < 1.29 is 5.11 Å². The Bertz CT molecular complexity index is 214. The van der Waals surface area contributed by atoms with Crippen LogP contribution in [0.3, 0.4) is 0 Å². The Morgan fingerprint density at radius 1 is 0.857 bits per heavy atom.